The predicted molar refractivity (Wildman–Crippen MR) is 108 cm³/mol. The molecule has 0 aromatic rings. The lowest BCUT2D eigenvalue weighted by Gasteiger charge is -2.47. The summed E-state index contributed by atoms with van der Waals surface area (Å²) in [6.45, 7) is 13.5. The fraction of sp³-hybridized carbons (Fsp3) is 0.636. The van der Waals surface area contributed by atoms with Gasteiger partial charge in [0.1, 0.15) is 12.4 Å². The van der Waals surface area contributed by atoms with Crippen molar-refractivity contribution < 1.29 is 9.84 Å². The minimum atomic E-state index is -0.835. The molecule has 146 valence electrons. The second kappa shape index (κ2) is 7.61. The van der Waals surface area contributed by atoms with Crippen molar-refractivity contribution in [3.05, 3.63) is 47.9 Å². The van der Waals surface area contributed by atoms with Gasteiger partial charge < -0.3 is 21.3 Å². The summed E-state index contributed by atoms with van der Waals surface area (Å²) in [7, 11) is 0. The smallest absolute Gasteiger partial charge is 0.119 e. The highest BCUT2D eigenvalue weighted by atomic mass is 16.5. The van der Waals surface area contributed by atoms with Crippen LogP contribution >= 0.6 is 0 Å². The Morgan fingerprint density at radius 1 is 1.42 bits per heavy atom. The second-order valence-electron chi connectivity index (χ2n) is 8.77. The SMILES string of the molecule is C=C1COC2=C(CC(C)(C(C)(C)O)C=C2)C(CCCN)(C(C)/C=C\N)C1. The molecule has 2 aliphatic rings. The Morgan fingerprint density at radius 3 is 2.69 bits per heavy atom. The van der Waals surface area contributed by atoms with Gasteiger partial charge in [-0.3, -0.25) is 0 Å². The van der Waals surface area contributed by atoms with E-state index in [1.54, 1.807) is 6.20 Å². The summed E-state index contributed by atoms with van der Waals surface area (Å²) < 4.78 is 6.11. The van der Waals surface area contributed by atoms with E-state index in [1.165, 1.54) is 5.57 Å². The Kier molecular flexibility index (Phi) is 6.09. The zero-order valence-corrected chi connectivity index (χ0v) is 16.8. The van der Waals surface area contributed by atoms with Crippen LogP contribution < -0.4 is 11.5 Å². The number of ether oxygens (including phenoxy) is 1. The summed E-state index contributed by atoms with van der Waals surface area (Å²) in [4.78, 5) is 0. The summed E-state index contributed by atoms with van der Waals surface area (Å²) in [5.41, 5.74) is 12.7. The number of hydrogen-bond acceptors (Lipinski definition) is 4. The highest BCUT2D eigenvalue weighted by Gasteiger charge is 2.48. The lowest BCUT2D eigenvalue weighted by Crippen LogP contribution is -2.44. The Labute approximate surface area is 158 Å². The molecular weight excluding hydrogens is 324 g/mol. The molecule has 1 aliphatic heterocycles. The minimum Gasteiger partial charge on any atom is -0.489 e. The molecule has 1 heterocycles. The fourth-order valence-electron chi connectivity index (χ4n) is 4.31. The van der Waals surface area contributed by atoms with Gasteiger partial charge in [0, 0.05) is 10.8 Å². The van der Waals surface area contributed by atoms with Crippen LogP contribution in [0, 0.1) is 16.7 Å². The Bertz CT molecular complexity index is 627. The number of allylic oxidation sites excluding steroid dienone is 3. The normalized spacial score (nSPS) is 30.9. The molecule has 0 spiro atoms. The van der Waals surface area contributed by atoms with Gasteiger partial charge in [0.05, 0.1) is 5.60 Å². The summed E-state index contributed by atoms with van der Waals surface area (Å²) in [5.74, 6) is 1.15. The third kappa shape index (κ3) is 3.77. The molecule has 4 nitrogen and oxygen atoms in total. The maximum atomic E-state index is 10.8. The molecule has 3 atom stereocenters. The molecule has 0 bridgehead atoms. The van der Waals surface area contributed by atoms with Crippen LogP contribution in [0.15, 0.2) is 47.9 Å². The van der Waals surface area contributed by atoms with Crippen molar-refractivity contribution in [2.45, 2.75) is 59.0 Å². The van der Waals surface area contributed by atoms with Crippen molar-refractivity contribution in [2.75, 3.05) is 13.2 Å². The van der Waals surface area contributed by atoms with Crippen molar-refractivity contribution >= 4 is 0 Å². The van der Waals surface area contributed by atoms with Crippen LogP contribution in [0.1, 0.15) is 53.4 Å². The van der Waals surface area contributed by atoms with Crippen molar-refractivity contribution in [1.29, 1.82) is 0 Å². The zero-order valence-electron chi connectivity index (χ0n) is 16.8. The summed E-state index contributed by atoms with van der Waals surface area (Å²) in [6, 6.07) is 0. The highest BCUT2D eigenvalue weighted by Crippen LogP contribution is 2.55. The van der Waals surface area contributed by atoms with E-state index in [0.29, 0.717) is 13.2 Å². The van der Waals surface area contributed by atoms with Gasteiger partial charge in [0.2, 0.25) is 0 Å². The molecule has 0 saturated carbocycles. The van der Waals surface area contributed by atoms with Crippen molar-refractivity contribution in [1.82, 2.24) is 0 Å². The molecule has 2 rings (SSSR count). The van der Waals surface area contributed by atoms with Crippen LogP contribution in [0.25, 0.3) is 0 Å². The van der Waals surface area contributed by atoms with E-state index in [0.717, 1.165) is 37.0 Å². The van der Waals surface area contributed by atoms with Crippen LogP contribution in [0.2, 0.25) is 0 Å². The third-order valence-electron chi connectivity index (χ3n) is 6.54. The van der Waals surface area contributed by atoms with Crippen LogP contribution in [0.4, 0.5) is 0 Å². The van der Waals surface area contributed by atoms with E-state index in [1.807, 2.05) is 19.9 Å². The number of aliphatic hydroxyl groups is 1. The zero-order chi connectivity index (χ0) is 19.6. The van der Waals surface area contributed by atoms with Gasteiger partial charge in [-0.25, -0.2) is 0 Å². The largest absolute Gasteiger partial charge is 0.489 e. The van der Waals surface area contributed by atoms with Crippen LogP contribution in [-0.4, -0.2) is 23.9 Å². The quantitative estimate of drug-likeness (QED) is 0.630. The first kappa shape index (κ1) is 20.8. The molecule has 26 heavy (non-hydrogen) atoms. The Balaban J connectivity index is 2.61. The maximum Gasteiger partial charge on any atom is 0.119 e. The first-order valence-electron chi connectivity index (χ1n) is 9.63. The average molecular weight is 361 g/mol. The van der Waals surface area contributed by atoms with E-state index in [4.69, 9.17) is 16.2 Å². The van der Waals surface area contributed by atoms with E-state index >= 15 is 0 Å². The van der Waals surface area contributed by atoms with Gasteiger partial charge in [-0.2, -0.15) is 0 Å². The van der Waals surface area contributed by atoms with Gasteiger partial charge in [0.25, 0.3) is 0 Å². The molecule has 0 aromatic heterocycles. The highest BCUT2D eigenvalue weighted by molar-refractivity contribution is 5.38. The molecule has 1 aliphatic carbocycles. The van der Waals surface area contributed by atoms with E-state index in [9.17, 15) is 5.11 Å². The first-order chi connectivity index (χ1) is 12.1. The molecule has 0 radical (unpaired) electrons. The summed E-state index contributed by atoms with van der Waals surface area (Å²) in [5, 5.41) is 10.8. The van der Waals surface area contributed by atoms with Crippen LogP contribution in [0.5, 0.6) is 0 Å². The summed E-state index contributed by atoms with van der Waals surface area (Å²) >= 11 is 0. The molecule has 3 unspecified atom stereocenters. The lowest BCUT2D eigenvalue weighted by molar-refractivity contribution is -0.0226. The molecule has 0 amide bonds. The molecular formula is C22H36N2O2. The predicted octanol–water partition coefficient (Wildman–Crippen LogP) is 3.79. The minimum absolute atomic E-state index is 0.143. The van der Waals surface area contributed by atoms with Crippen molar-refractivity contribution in [3.8, 4) is 0 Å². The molecule has 0 aromatic carbocycles. The second-order valence-corrected chi connectivity index (χ2v) is 8.77. The van der Waals surface area contributed by atoms with E-state index in [2.05, 4.69) is 32.6 Å². The van der Waals surface area contributed by atoms with E-state index < -0.39 is 5.60 Å². The first-order valence-corrected chi connectivity index (χ1v) is 9.63. The Hall–Kier alpha value is -1.52. The van der Waals surface area contributed by atoms with Gasteiger partial charge in [-0.15, -0.1) is 0 Å². The molecule has 0 saturated heterocycles. The molecule has 5 N–H and O–H groups in total. The molecule has 4 heteroatoms. The van der Waals surface area contributed by atoms with Gasteiger partial charge in [-0.05, 0) is 75.4 Å². The van der Waals surface area contributed by atoms with E-state index in [-0.39, 0.29) is 16.7 Å². The average Bonchev–Trinajstić information content (AvgIpc) is 2.70. The van der Waals surface area contributed by atoms with Crippen molar-refractivity contribution in [2.24, 2.45) is 28.2 Å². The number of rotatable bonds is 6. The third-order valence-corrected chi connectivity index (χ3v) is 6.54. The number of nitrogens with two attached hydrogens (primary N) is 2. The van der Waals surface area contributed by atoms with Gasteiger partial charge >= 0.3 is 0 Å². The van der Waals surface area contributed by atoms with Gasteiger partial charge in [0.15, 0.2) is 0 Å². The summed E-state index contributed by atoms with van der Waals surface area (Å²) in [6.07, 6.45) is 11.3. The van der Waals surface area contributed by atoms with Gasteiger partial charge in [-0.1, -0.05) is 32.6 Å². The Morgan fingerprint density at radius 2 is 2.12 bits per heavy atom. The monoisotopic (exact) mass is 360 g/mol. The standard InChI is InChI=1S/C22H36N2O2/c1-16-13-22(9-6-11-23,17(2)8-12-24)18-14-21(5,20(3,4)25)10-7-19(18)26-15-16/h7-8,10,12,17,25H,1,6,9,11,13-15,23-24H2,2-5H3/b12-8-. The fourth-order valence-corrected chi connectivity index (χ4v) is 4.31. The maximum absolute atomic E-state index is 10.8. The molecule has 0 fully saturated rings. The topological polar surface area (TPSA) is 81.5 Å². The number of hydrogen-bond donors (Lipinski definition) is 3. The van der Waals surface area contributed by atoms with Crippen molar-refractivity contribution in [3.63, 3.8) is 0 Å². The lowest BCUT2D eigenvalue weighted by atomic mass is 9.58. The van der Waals surface area contributed by atoms with Crippen LogP contribution in [-0.2, 0) is 4.74 Å². The van der Waals surface area contributed by atoms with Crippen LogP contribution in [0.3, 0.4) is 0 Å².